The first-order valence-electron chi connectivity index (χ1n) is 4.51. The second kappa shape index (κ2) is 7.39. The monoisotopic (exact) mass is 255 g/mol. The number of methoxy groups -OCH3 is 2. The molecule has 0 bridgehead atoms. The fourth-order valence-electron chi connectivity index (χ4n) is 0.864. The van der Waals surface area contributed by atoms with E-state index in [1.54, 1.807) is 4.72 Å². The Balaban J connectivity index is 3.87. The molecule has 0 aromatic heterocycles. The van der Waals surface area contributed by atoms with Gasteiger partial charge >= 0.3 is 16.3 Å². The lowest BCUT2D eigenvalue weighted by atomic mass is 10.2. The van der Waals surface area contributed by atoms with Crippen LogP contribution < -0.4 is 15.2 Å². The molecule has 0 saturated heterocycles. The number of nitrogens with two attached hydrogens (primary N) is 1. The highest BCUT2D eigenvalue weighted by Gasteiger charge is 2.13. The lowest BCUT2D eigenvalue weighted by Gasteiger charge is -2.11. The molecule has 0 rings (SSSR count). The lowest BCUT2D eigenvalue weighted by molar-refractivity contribution is 0.176. The van der Waals surface area contributed by atoms with E-state index in [0.29, 0.717) is 13.0 Å². The molecule has 0 aliphatic carbocycles. The largest absolute Gasteiger partial charge is 0.452 e. The molecule has 0 fully saturated rings. The second-order valence-corrected chi connectivity index (χ2v) is 4.50. The molecule has 0 aromatic carbocycles. The van der Waals surface area contributed by atoms with Gasteiger partial charge in [-0.2, -0.15) is 13.1 Å². The van der Waals surface area contributed by atoms with Crippen molar-refractivity contribution in [3.8, 4) is 0 Å². The Morgan fingerprint density at radius 2 is 2.06 bits per heavy atom. The van der Waals surface area contributed by atoms with E-state index in [4.69, 9.17) is 10.5 Å². The second-order valence-electron chi connectivity index (χ2n) is 3.00. The number of hydrogen-bond acceptors (Lipinski definition) is 6. The molecule has 1 amide bonds. The number of amides is 1. The molecule has 0 aliphatic rings. The third-order valence-electron chi connectivity index (χ3n) is 1.59. The maximum atomic E-state index is 11.1. The fraction of sp³-hybridized carbons (Fsp3) is 0.857. The predicted molar refractivity (Wildman–Crippen MR) is 56.9 cm³/mol. The van der Waals surface area contributed by atoms with Crippen molar-refractivity contribution in [1.29, 1.82) is 0 Å². The van der Waals surface area contributed by atoms with Crippen LogP contribution in [0.5, 0.6) is 0 Å². The molecule has 0 spiro atoms. The molecular formula is C7H17N3O5S. The van der Waals surface area contributed by atoms with Crippen molar-refractivity contribution in [3.05, 3.63) is 0 Å². The highest BCUT2D eigenvalue weighted by Crippen LogP contribution is 1.88. The Kier molecular flexibility index (Phi) is 6.97. The Labute approximate surface area is 94.7 Å². The van der Waals surface area contributed by atoms with Gasteiger partial charge in [0, 0.05) is 19.7 Å². The third-order valence-corrected chi connectivity index (χ3v) is 2.61. The van der Waals surface area contributed by atoms with Crippen LogP contribution in [-0.4, -0.2) is 47.9 Å². The van der Waals surface area contributed by atoms with Crippen molar-refractivity contribution in [2.24, 2.45) is 5.73 Å². The first kappa shape index (κ1) is 15.1. The normalized spacial score (nSPS) is 13.2. The van der Waals surface area contributed by atoms with Gasteiger partial charge < -0.3 is 15.2 Å². The van der Waals surface area contributed by atoms with Gasteiger partial charge in [-0.25, -0.2) is 9.52 Å². The molecule has 9 heteroatoms. The topological polar surface area (TPSA) is 120 Å². The minimum atomic E-state index is -3.87. The van der Waals surface area contributed by atoms with Crippen LogP contribution in [0.4, 0.5) is 4.79 Å². The third kappa shape index (κ3) is 7.40. The number of ether oxygens (including phenoxy) is 2. The molecule has 96 valence electrons. The number of hydrogen-bond donors (Lipinski definition) is 3. The molecule has 0 radical (unpaired) electrons. The van der Waals surface area contributed by atoms with Crippen molar-refractivity contribution in [1.82, 2.24) is 9.44 Å². The van der Waals surface area contributed by atoms with Gasteiger partial charge in [-0.05, 0) is 6.42 Å². The molecule has 0 aromatic rings. The molecule has 16 heavy (non-hydrogen) atoms. The zero-order chi connectivity index (χ0) is 12.6. The number of rotatable bonds is 7. The highest BCUT2D eigenvalue weighted by molar-refractivity contribution is 7.88. The van der Waals surface area contributed by atoms with Gasteiger partial charge in [0.05, 0.1) is 13.7 Å². The number of carbonyl (C=O) groups is 1. The maximum Gasteiger partial charge on any atom is 0.421 e. The van der Waals surface area contributed by atoms with Crippen LogP contribution in [0, 0.1) is 0 Å². The Morgan fingerprint density at radius 3 is 2.56 bits per heavy atom. The van der Waals surface area contributed by atoms with Crippen molar-refractivity contribution in [2.45, 2.75) is 12.5 Å². The van der Waals surface area contributed by atoms with Crippen LogP contribution >= 0.6 is 0 Å². The standard InChI is InChI=1S/C7H17N3O5S/c1-14-5-6(8)3-4-9-16(12,13)10-7(11)15-2/h6,9H,3-5,8H2,1-2H3,(H,10,11). The smallest absolute Gasteiger partial charge is 0.421 e. The first-order chi connectivity index (χ1) is 7.41. The van der Waals surface area contributed by atoms with Crippen molar-refractivity contribution in [3.63, 3.8) is 0 Å². The summed E-state index contributed by atoms with van der Waals surface area (Å²) >= 11 is 0. The van der Waals surface area contributed by atoms with E-state index >= 15 is 0 Å². The summed E-state index contributed by atoms with van der Waals surface area (Å²) in [4.78, 5) is 10.6. The van der Waals surface area contributed by atoms with Crippen molar-refractivity contribution < 1.29 is 22.7 Å². The van der Waals surface area contributed by atoms with E-state index in [9.17, 15) is 13.2 Å². The molecule has 0 heterocycles. The summed E-state index contributed by atoms with van der Waals surface area (Å²) in [5.41, 5.74) is 5.57. The quantitative estimate of drug-likeness (QED) is 0.511. The highest BCUT2D eigenvalue weighted by atomic mass is 32.2. The van der Waals surface area contributed by atoms with Crippen LogP contribution in [0.15, 0.2) is 0 Å². The van der Waals surface area contributed by atoms with E-state index in [2.05, 4.69) is 9.46 Å². The summed E-state index contributed by atoms with van der Waals surface area (Å²) in [5, 5.41) is 0. The number of nitrogens with one attached hydrogen (secondary N) is 2. The van der Waals surface area contributed by atoms with Crippen LogP contribution in [0.1, 0.15) is 6.42 Å². The number of carbonyl (C=O) groups excluding carboxylic acids is 1. The Bertz CT molecular complexity index is 305. The summed E-state index contributed by atoms with van der Waals surface area (Å²) in [6.07, 6.45) is -0.649. The van der Waals surface area contributed by atoms with E-state index in [-0.39, 0.29) is 12.6 Å². The van der Waals surface area contributed by atoms with E-state index < -0.39 is 16.3 Å². The lowest BCUT2D eigenvalue weighted by Crippen LogP contribution is -2.42. The molecule has 1 atom stereocenters. The van der Waals surface area contributed by atoms with Crippen LogP contribution in [0.2, 0.25) is 0 Å². The van der Waals surface area contributed by atoms with Gasteiger partial charge in [0.25, 0.3) is 0 Å². The van der Waals surface area contributed by atoms with Gasteiger partial charge in [-0.3, -0.25) is 0 Å². The van der Waals surface area contributed by atoms with Gasteiger partial charge in [0.15, 0.2) is 0 Å². The van der Waals surface area contributed by atoms with Crippen LogP contribution in [-0.2, 0) is 19.7 Å². The van der Waals surface area contributed by atoms with Gasteiger partial charge in [0.2, 0.25) is 0 Å². The van der Waals surface area contributed by atoms with Crippen molar-refractivity contribution in [2.75, 3.05) is 27.4 Å². The Morgan fingerprint density at radius 1 is 1.44 bits per heavy atom. The molecule has 4 N–H and O–H groups in total. The minimum Gasteiger partial charge on any atom is -0.452 e. The average Bonchev–Trinajstić information content (AvgIpc) is 2.16. The van der Waals surface area contributed by atoms with Gasteiger partial charge in [0.1, 0.15) is 0 Å². The Hall–Kier alpha value is -0.900. The molecule has 0 saturated carbocycles. The maximum absolute atomic E-state index is 11.1. The molecular weight excluding hydrogens is 238 g/mol. The molecule has 1 unspecified atom stereocenters. The van der Waals surface area contributed by atoms with E-state index in [0.717, 1.165) is 7.11 Å². The summed E-state index contributed by atoms with van der Waals surface area (Å²) in [6, 6.07) is -0.258. The fourth-order valence-corrected chi connectivity index (χ4v) is 1.63. The molecule has 0 aliphatic heterocycles. The summed E-state index contributed by atoms with van der Waals surface area (Å²) in [6.45, 7) is 0.447. The van der Waals surface area contributed by atoms with Crippen LogP contribution in [0.25, 0.3) is 0 Å². The summed E-state index contributed by atoms with van der Waals surface area (Å²) in [7, 11) is -1.30. The predicted octanol–water partition coefficient (Wildman–Crippen LogP) is -1.46. The zero-order valence-corrected chi connectivity index (χ0v) is 10.0. The zero-order valence-electron chi connectivity index (χ0n) is 9.23. The van der Waals surface area contributed by atoms with E-state index in [1.165, 1.54) is 7.11 Å². The minimum absolute atomic E-state index is 0.108. The van der Waals surface area contributed by atoms with Crippen molar-refractivity contribution >= 4 is 16.3 Å². The summed E-state index contributed by atoms with van der Waals surface area (Å²) < 4.78 is 35.0. The first-order valence-corrected chi connectivity index (χ1v) is 5.99. The van der Waals surface area contributed by atoms with E-state index in [1.807, 2.05) is 0 Å². The van der Waals surface area contributed by atoms with Crippen LogP contribution in [0.3, 0.4) is 0 Å². The van der Waals surface area contributed by atoms with Gasteiger partial charge in [-0.1, -0.05) is 0 Å². The average molecular weight is 255 g/mol. The SMILES string of the molecule is COCC(N)CCNS(=O)(=O)NC(=O)OC. The van der Waals surface area contributed by atoms with Gasteiger partial charge in [-0.15, -0.1) is 0 Å². The molecule has 8 nitrogen and oxygen atoms in total. The summed E-state index contributed by atoms with van der Waals surface area (Å²) in [5.74, 6) is 0.